The first-order chi connectivity index (χ1) is 7.74. The van der Waals surface area contributed by atoms with E-state index in [1.54, 1.807) is 14.2 Å². The van der Waals surface area contributed by atoms with Crippen molar-refractivity contribution in [1.29, 1.82) is 0 Å². The van der Waals surface area contributed by atoms with E-state index in [1.807, 2.05) is 0 Å². The Labute approximate surface area is 98.1 Å². The van der Waals surface area contributed by atoms with E-state index in [2.05, 4.69) is 4.90 Å². The molecule has 2 rings (SSSR count). The largest absolute Gasteiger partial charge is 0.382 e. The highest BCUT2D eigenvalue weighted by molar-refractivity contribution is 4.97. The number of rotatable bonds is 5. The molecule has 94 valence electrons. The maximum atomic E-state index is 6.06. The summed E-state index contributed by atoms with van der Waals surface area (Å²) in [5, 5.41) is 0. The minimum Gasteiger partial charge on any atom is -0.382 e. The van der Waals surface area contributed by atoms with Crippen molar-refractivity contribution in [3.05, 3.63) is 0 Å². The number of hydrogen-bond acceptors (Lipinski definition) is 4. The summed E-state index contributed by atoms with van der Waals surface area (Å²) in [6, 6.07) is 1.78. The van der Waals surface area contributed by atoms with Crippen LogP contribution in [0, 0.1) is 0 Å². The number of nitrogens with two attached hydrogens (primary N) is 1. The van der Waals surface area contributed by atoms with Crippen LogP contribution in [0.1, 0.15) is 25.7 Å². The van der Waals surface area contributed by atoms with Crippen molar-refractivity contribution in [2.45, 2.75) is 49.9 Å². The maximum absolute atomic E-state index is 6.06. The lowest BCUT2D eigenvalue weighted by atomic mass is 9.98. The SMILES string of the molecule is COCC(CN1C2CCC1CC(N)C2)OC. The number of methoxy groups -OCH3 is 2. The summed E-state index contributed by atoms with van der Waals surface area (Å²) in [5.41, 5.74) is 6.06. The summed E-state index contributed by atoms with van der Waals surface area (Å²) in [6.45, 7) is 1.67. The third kappa shape index (κ3) is 2.56. The van der Waals surface area contributed by atoms with E-state index in [9.17, 15) is 0 Å². The summed E-state index contributed by atoms with van der Waals surface area (Å²) in [6.07, 6.45) is 5.12. The first-order valence-corrected chi connectivity index (χ1v) is 6.27. The second-order valence-corrected chi connectivity index (χ2v) is 5.13. The van der Waals surface area contributed by atoms with Crippen molar-refractivity contribution < 1.29 is 9.47 Å². The molecule has 2 heterocycles. The zero-order chi connectivity index (χ0) is 11.5. The molecular formula is C12H24N2O2. The van der Waals surface area contributed by atoms with Crippen molar-refractivity contribution in [2.75, 3.05) is 27.4 Å². The Morgan fingerprint density at radius 2 is 1.88 bits per heavy atom. The van der Waals surface area contributed by atoms with E-state index < -0.39 is 0 Å². The molecule has 0 aromatic heterocycles. The zero-order valence-electron chi connectivity index (χ0n) is 10.4. The number of ether oxygens (including phenoxy) is 2. The van der Waals surface area contributed by atoms with Gasteiger partial charge >= 0.3 is 0 Å². The van der Waals surface area contributed by atoms with Crippen molar-refractivity contribution in [1.82, 2.24) is 4.90 Å². The van der Waals surface area contributed by atoms with Crippen LogP contribution in [0.15, 0.2) is 0 Å². The molecule has 0 saturated carbocycles. The van der Waals surface area contributed by atoms with Crippen LogP contribution in [0.3, 0.4) is 0 Å². The molecular weight excluding hydrogens is 204 g/mol. The number of fused-ring (bicyclic) bond motifs is 2. The van der Waals surface area contributed by atoms with Gasteiger partial charge in [-0.05, 0) is 25.7 Å². The molecule has 4 nitrogen and oxygen atoms in total. The van der Waals surface area contributed by atoms with E-state index in [0.29, 0.717) is 24.7 Å². The molecule has 2 bridgehead atoms. The summed E-state index contributed by atoms with van der Waals surface area (Å²) >= 11 is 0. The average molecular weight is 228 g/mol. The van der Waals surface area contributed by atoms with Gasteiger partial charge < -0.3 is 15.2 Å². The third-order valence-electron chi connectivity index (χ3n) is 4.02. The molecule has 0 spiro atoms. The Morgan fingerprint density at radius 3 is 2.38 bits per heavy atom. The van der Waals surface area contributed by atoms with Gasteiger partial charge in [0.25, 0.3) is 0 Å². The average Bonchev–Trinajstić information content (AvgIpc) is 2.50. The predicted octanol–water partition coefficient (Wildman–Crippen LogP) is 0.602. The molecule has 0 aromatic carbocycles. The van der Waals surface area contributed by atoms with E-state index in [-0.39, 0.29) is 6.10 Å². The van der Waals surface area contributed by atoms with Gasteiger partial charge in [-0.15, -0.1) is 0 Å². The van der Waals surface area contributed by atoms with E-state index in [0.717, 1.165) is 19.4 Å². The quantitative estimate of drug-likeness (QED) is 0.748. The molecule has 3 atom stereocenters. The summed E-state index contributed by atoms with van der Waals surface area (Å²) < 4.78 is 10.6. The molecule has 2 aliphatic rings. The highest BCUT2D eigenvalue weighted by Gasteiger charge is 2.40. The monoisotopic (exact) mass is 228 g/mol. The van der Waals surface area contributed by atoms with Gasteiger partial charge in [-0.25, -0.2) is 0 Å². The Hall–Kier alpha value is -0.160. The predicted molar refractivity (Wildman–Crippen MR) is 63.4 cm³/mol. The second-order valence-electron chi connectivity index (χ2n) is 5.13. The fourth-order valence-corrected chi connectivity index (χ4v) is 3.23. The number of nitrogens with zero attached hydrogens (tertiary/aromatic N) is 1. The van der Waals surface area contributed by atoms with Gasteiger partial charge in [0.1, 0.15) is 0 Å². The molecule has 3 unspecified atom stereocenters. The summed E-state index contributed by atoms with van der Waals surface area (Å²) in [7, 11) is 3.49. The molecule has 2 fully saturated rings. The molecule has 0 amide bonds. The van der Waals surface area contributed by atoms with Crippen LogP contribution in [0.25, 0.3) is 0 Å². The fourth-order valence-electron chi connectivity index (χ4n) is 3.23. The molecule has 0 radical (unpaired) electrons. The second kappa shape index (κ2) is 5.45. The maximum Gasteiger partial charge on any atom is 0.0931 e. The lowest BCUT2D eigenvalue weighted by Gasteiger charge is -2.39. The molecule has 4 heteroatoms. The first-order valence-electron chi connectivity index (χ1n) is 6.27. The van der Waals surface area contributed by atoms with Gasteiger partial charge in [0, 0.05) is 38.9 Å². The third-order valence-corrected chi connectivity index (χ3v) is 4.02. The standard InChI is InChI=1S/C12H24N2O2/c1-15-8-12(16-2)7-14-10-3-4-11(14)6-9(13)5-10/h9-12H,3-8,13H2,1-2H3. The lowest BCUT2D eigenvalue weighted by molar-refractivity contribution is -0.0126. The minimum absolute atomic E-state index is 0.197. The first kappa shape index (κ1) is 12.3. The highest BCUT2D eigenvalue weighted by atomic mass is 16.5. The molecule has 0 aromatic rings. The van der Waals surface area contributed by atoms with Crippen LogP contribution < -0.4 is 5.73 Å². The molecule has 2 saturated heterocycles. The lowest BCUT2D eigenvalue weighted by Crippen LogP contribution is -2.50. The highest BCUT2D eigenvalue weighted by Crippen LogP contribution is 2.35. The normalized spacial score (nSPS) is 36.6. The van der Waals surface area contributed by atoms with Crippen LogP contribution in [-0.2, 0) is 9.47 Å². The molecule has 0 aliphatic carbocycles. The van der Waals surface area contributed by atoms with Crippen LogP contribution in [0.2, 0.25) is 0 Å². The van der Waals surface area contributed by atoms with Gasteiger partial charge in [-0.3, -0.25) is 4.90 Å². The Balaban J connectivity index is 1.90. The van der Waals surface area contributed by atoms with Crippen molar-refractivity contribution in [2.24, 2.45) is 5.73 Å². The van der Waals surface area contributed by atoms with Crippen LogP contribution in [-0.4, -0.2) is 56.5 Å². The smallest absolute Gasteiger partial charge is 0.0931 e. The van der Waals surface area contributed by atoms with E-state index in [4.69, 9.17) is 15.2 Å². The van der Waals surface area contributed by atoms with Crippen LogP contribution in [0.5, 0.6) is 0 Å². The molecule has 2 aliphatic heterocycles. The Bertz CT molecular complexity index is 211. The van der Waals surface area contributed by atoms with E-state index in [1.165, 1.54) is 12.8 Å². The van der Waals surface area contributed by atoms with Crippen molar-refractivity contribution in [3.63, 3.8) is 0 Å². The summed E-state index contributed by atoms with van der Waals surface area (Å²) in [4.78, 5) is 2.59. The molecule has 2 N–H and O–H groups in total. The summed E-state index contributed by atoms with van der Waals surface area (Å²) in [5.74, 6) is 0. The van der Waals surface area contributed by atoms with E-state index >= 15 is 0 Å². The van der Waals surface area contributed by atoms with Gasteiger partial charge in [0.05, 0.1) is 12.7 Å². The fraction of sp³-hybridized carbons (Fsp3) is 1.00. The minimum atomic E-state index is 0.197. The number of hydrogen-bond donors (Lipinski definition) is 1. The van der Waals surface area contributed by atoms with Crippen molar-refractivity contribution >= 4 is 0 Å². The van der Waals surface area contributed by atoms with Crippen molar-refractivity contribution in [3.8, 4) is 0 Å². The molecule has 16 heavy (non-hydrogen) atoms. The zero-order valence-corrected chi connectivity index (χ0v) is 10.4. The number of piperidine rings is 1. The van der Waals surface area contributed by atoms with Gasteiger partial charge in [-0.2, -0.15) is 0 Å². The Kier molecular flexibility index (Phi) is 4.19. The Morgan fingerprint density at radius 1 is 1.25 bits per heavy atom. The van der Waals surface area contributed by atoms with Gasteiger partial charge in [0.2, 0.25) is 0 Å². The van der Waals surface area contributed by atoms with Crippen LogP contribution >= 0.6 is 0 Å². The van der Waals surface area contributed by atoms with Crippen LogP contribution in [0.4, 0.5) is 0 Å². The topological polar surface area (TPSA) is 47.7 Å². The van der Waals surface area contributed by atoms with Gasteiger partial charge in [-0.1, -0.05) is 0 Å². The van der Waals surface area contributed by atoms with Gasteiger partial charge in [0.15, 0.2) is 0 Å².